The average molecular weight is 408 g/mol. The van der Waals surface area contributed by atoms with E-state index in [0.717, 1.165) is 27.2 Å². The van der Waals surface area contributed by atoms with Gasteiger partial charge >= 0.3 is 5.97 Å². The molecule has 1 amide bonds. The highest BCUT2D eigenvalue weighted by Crippen LogP contribution is 2.47. The molecule has 0 bridgehead atoms. The van der Waals surface area contributed by atoms with Crippen LogP contribution in [0, 0.1) is 0 Å². The smallest absolute Gasteiger partial charge is 0.323 e. The zero-order chi connectivity index (χ0) is 18.8. The Morgan fingerprint density at radius 3 is 2.73 bits per heavy atom. The topological polar surface area (TPSA) is 90.3 Å². The molecule has 1 aromatic rings. The summed E-state index contributed by atoms with van der Waals surface area (Å²) in [5.74, 6) is -1.57. The molecular weight excluding hydrogens is 396 g/mol. The quantitative estimate of drug-likeness (QED) is 0.250. The molecule has 0 radical (unpaired) electrons. The second-order valence-corrected chi connectivity index (χ2v) is 7.82. The van der Waals surface area contributed by atoms with E-state index < -0.39 is 18.4 Å². The number of benzene rings is 1. The number of carbonyl (C=O) groups is 2. The number of amides is 1. The van der Waals surface area contributed by atoms with Crippen LogP contribution in [0.25, 0.3) is 0 Å². The van der Waals surface area contributed by atoms with Gasteiger partial charge in [0.05, 0.1) is 15.6 Å². The lowest BCUT2D eigenvalue weighted by Crippen LogP contribution is -2.33. The highest BCUT2D eigenvalue weighted by Gasteiger charge is 2.33. The van der Waals surface area contributed by atoms with Gasteiger partial charge in [-0.2, -0.15) is 0 Å². The summed E-state index contributed by atoms with van der Waals surface area (Å²) in [7, 11) is 0. The van der Waals surface area contributed by atoms with Gasteiger partial charge in [-0.1, -0.05) is 47.9 Å². The summed E-state index contributed by atoms with van der Waals surface area (Å²) in [6.07, 6.45) is 3.23. The van der Waals surface area contributed by atoms with Crippen LogP contribution in [0.4, 0.5) is 5.69 Å². The van der Waals surface area contributed by atoms with E-state index in [0.29, 0.717) is 9.93 Å². The van der Waals surface area contributed by atoms with Gasteiger partial charge in [0, 0.05) is 4.90 Å². The van der Waals surface area contributed by atoms with Crippen LogP contribution >= 0.6 is 35.7 Å². The lowest BCUT2D eigenvalue weighted by Gasteiger charge is -2.19. The fourth-order valence-electron chi connectivity index (χ4n) is 2.34. The van der Waals surface area contributed by atoms with Crippen molar-refractivity contribution in [3.63, 3.8) is 0 Å². The zero-order valence-corrected chi connectivity index (χ0v) is 15.6. The van der Waals surface area contributed by atoms with Crippen LogP contribution in [-0.4, -0.2) is 38.0 Å². The van der Waals surface area contributed by atoms with Crippen LogP contribution in [0.2, 0.25) is 0 Å². The third kappa shape index (κ3) is 3.49. The number of fused-ring (bicyclic) bond motifs is 1. The molecule has 2 heterocycles. The van der Waals surface area contributed by atoms with E-state index in [4.69, 9.17) is 22.6 Å². The molecule has 2 aliphatic heterocycles. The minimum absolute atomic E-state index is 0.0144. The van der Waals surface area contributed by atoms with Crippen molar-refractivity contribution in [2.24, 2.45) is 0 Å². The first-order valence-corrected chi connectivity index (χ1v) is 9.21. The van der Waals surface area contributed by atoms with Gasteiger partial charge in [0.1, 0.15) is 10.9 Å². The molecule has 1 saturated heterocycles. The van der Waals surface area contributed by atoms with Gasteiger partial charge in [0.15, 0.2) is 0 Å². The number of rotatable bonds is 5. The number of allylic oxidation sites excluding steroid dienone is 2. The first kappa shape index (κ1) is 18.5. The van der Waals surface area contributed by atoms with Gasteiger partial charge in [-0.15, -0.1) is 0 Å². The standard InChI is InChI=1S/C16H12N2O5S3/c1-9(23-22)18-10-4-2-3-5-11(10)25-13(18)7-6-12-15(21)17(8-14(19)20)16(24)26-12/h2-7,22H,1,8H2,(H,19,20). The lowest BCUT2D eigenvalue weighted by molar-refractivity contribution is -0.203. The number of anilines is 1. The molecule has 0 aliphatic carbocycles. The van der Waals surface area contributed by atoms with E-state index in [2.05, 4.69) is 11.5 Å². The Hall–Kier alpha value is -2.27. The predicted molar refractivity (Wildman–Crippen MR) is 103 cm³/mol. The highest BCUT2D eigenvalue weighted by molar-refractivity contribution is 8.26. The van der Waals surface area contributed by atoms with E-state index in [-0.39, 0.29) is 10.2 Å². The first-order valence-electron chi connectivity index (χ1n) is 7.17. The first-order chi connectivity index (χ1) is 12.4. The molecule has 7 nitrogen and oxygen atoms in total. The molecule has 0 saturated carbocycles. The minimum Gasteiger partial charge on any atom is -0.480 e. The molecule has 0 unspecified atom stereocenters. The lowest BCUT2D eigenvalue weighted by atomic mass is 10.3. The predicted octanol–water partition coefficient (Wildman–Crippen LogP) is 3.23. The third-order valence-corrected chi connectivity index (χ3v) is 5.93. The fraction of sp³-hybridized carbons (Fsp3) is 0.0625. The fourth-order valence-corrected chi connectivity index (χ4v) is 4.60. The summed E-state index contributed by atoms with van der Waals surface area (Å²) < 4.78 is 0.198. The van der Waals surface area contributed by atoms with Crippen LogP contribution in [0.5, 0.6) is 0 Å². The van der Waals surface area contributed by atoms with Crippen molar-refractivity contribution in [1.82, 2.24) is 4.90 Å². The van der Waals surface area contributed by atoms with Crippen molar-refractivity contribution >= 4 is 57.6 Å². The summed E-state index contributed by atoms with van der Waals surface area (Å²) in [6, 6.07) is 7.48. The highest BCUT2D eigenvalue weighted by atomic mass is 32.2. The zero-order valence-electron chi connectivity index (χ0n) is 13.1. The summed E-state index contributed by atoms with van der Waals surface area (Å²) in [6.45, 7) is 3.20. The monoisotopic (exact) mass is 408 g/mol. The molecule has 1 fully saturated rings. The number of carboxylic acids is 1. The summed E-state index contributed by atoms with van der Waals surface area (Å²) in [5, 5.41) is 18.5. The maximum atomic E-state index is 12.3. The normalized spacial score (nSPS) is 19.4. The van der Waals surface area contributed by atoms with Gasteiger partial charge in [-0.05, 0) is 30.9 Å². The number of aliphatic carboxylic acids is 1. The molecule has 0 atom stereocenters. The van der Waals surface area contributed by atoms with E-state index in [1.54, 1.807) is 17.1 Å². The largest absolute Gasteiger partial charge is 0.480 e. The molecule has 3 rings (SSSR count). The molecule has 26 heavy (non-hydrogen) atoms. The summed E-state index contributed by atoms with van der Waals surface area (Å²) >= 11 is 7.51. The van der Waals surface area contributed by atoms with Gasteiger partial charge in [0.25, 0.3) is 5.91 Å². The van der Waals surface area contributed by atoms with Crippen molar-refractivity contribution in [3.8, 4) is 0 Å². The maximum absolute atomic E-state index is 12.3. The number of hydrogen-bond acceptors (Lipinski definition) is 8. The molecule has 0 spiro atoms. The molecule has 2 N–H and O–H groups in total. The Balaban J connectivity index is 1.89. The number of thioether (sulfide) groups is 2. The average Bonchev–Trinajstić information content (AvgIpc) is 3.11. The summed E-state index contributed by atoms with van der Waals surface area (Å²) in [4.78, 5) is 31.3. The SMILES string of the molecule is C=C(OO)N1C(=CC=C2SC(=S)N(CC(=O)O)C2=O)Sc2ccccc21. The number of thiocarbonyl (C=S) groups is 1. The molecule has 2 aliphatic rings. The molecule has 10 heteroatoms. The molecule has 134 valence electrons. The second kappa shape index (κ2) is 7.54. The van der Waals surface area contributed by atoms with Gasteiger partial charge in [-0.25, -0.2) is 5.26 Å². The Morgan fingerprint density at radius 2 is 2.04 bits per heavy atom. The van der Waals surface area contributed by atoms with Crippen molar-refractivity contribution in [3.05, 3.63) is 58.8 Å². The summed E-state index contributed by atoms with van der Waals surface area (Å²) in [5.41, 5.74) is 0.787. The second-order valence-electron chi connectivity index (χ2n) is 5.08. The Morgan fingerprint density at radius 1 is 1.31 bits per heavy atom. The number of para-hydroxylation sites is 1. The van der Waals surface area contributed by atoms with Crippen LogP contribution in [0.3, 0.4) is 0 Å². The Kier molecular flexibility index (Phi) is 5.37. The maximum Gasteiger partial charge on any atom is 0.323 e. The van der Waals surface area contributed by atoms with Crippen molar-refractivity contribution < 1.29 is 24.8 Å². The van der Waals surface area contributed by atoms with Crippen LogP contribution in [0.15, 0.2) is 63.7 Å². The Bertz CT molecular complexity index is 880. The molecule has 0 aromatic heterocycles. The van der Waals surface area contributed by atoms with E-state index in [1.165, 1.54) is 11.8 Å². The molecule has 1 aromatic carbocycles. The number of carboxylic acid groups (broad SMARTS) is 1. The van der Waals surface area contributed by atoms with Crippen LogP contribution in [-0.2, 0) is 14.5 Å². The third-order valence-electron chi connectivity index (χ3n) is 3.44. The van der Waals surface area contributed by atoms with Crippen LogP contribution < -0.4 is 4.90 Å². The van der Waals surface area contributed by atoms with Gasteiger partial charge in [-0.3, -0.25) is 19.4 Å². The van der Waals surface area contributed by atoms with Crippen molar-refractivity contribution in [2.45, 2.75) is 4.90 Å². The van der Waals surface area contributed by atoms with E-state index in [9.17, 15) is 9.59 Å². The van der Waals surface area contributed by atoms with E-state index >= 15 is 0 Å². The van der Waals surface area contributed by atoms with Gasteiger partial charge in [0.2, 0.25) is 5.88 Å². The van der Waals surface area contributed by atoms with Crippen molar-refractivity contribution in [1.29, 1.82) is 0 Å². The van der Waals surface area contributed by atoms with Gasteiger partial charge < -0.3 is 9.99 Å². The van der Waals surface area contributed by atoms with E-state index in [1.807, 2.05) is 24.3 Å². The van der Waals surface area contributed by atoms with Crippen molar-refractivity contribution in [2.75, 3.05) is 11.4 Å². The minimum atomic E-state index is -1.13. The Labute approximate surface area is 162 Å². The van der Waals surface area contributed by atoms with Crippen LogP contribution in [0.1, 0.15) is 0 Å². The molecular formula is C16H12N2O5S3. The number of carbonyl (C=O) groups excluding carboxylic acids is 1. The number of hydrogen-bond donors (Lipinski definition) is 2. The number of nitrogens with zero attached hydrogens (tertiary/aromatic N) is 2.